The topological polar surface area (TPSA) is 59.1 Å². The number of halogens is 3. The van der Waals surface area contributed by atoms with Gasteiger partial charge in [0.1, 0.15) is 30.4 Å². The van der Waals surface area contributed by atoms with E-state index in [0.717, 1.165) is 0 Å². The Morgan fingerprint density at radius 2 is 1.83 bits per heavy atom. The number of hydrogen-bond acceptors (Lipinski definition) is 5. The van der Waals surface area contributed by atoms with Gasteiger partial charge in [-0.15, -0.1) is 0 Å². The molecule has 1 fully saturated rings. The minimum atomic E-state index is -0.562. The van der Waals surface area contributed by atoms with Gasteiger partial charge in [0, 0.05) is 5.02 Å². The summed E-state index contributed by atoms with van der Waals surface area (Å²) in [5.41, 5.74) is 1.91. The molecule has 0 atom stereocenters. The summed E-state index contributed by atoms with van der Waals surface area (Å²) in [6, 6.07) is 17.6. The van der Waals surface area contributed by atoms with Crippen LogP contribution in [0, 0.1) is 5.82 Å². The molecule has 0 spiro atoms. The molecule has 4 rings (SSSR count). The lowest BCUT2D eigenvalue weighted by Crippen LogP contribution is -2.35. The third kappa shape index (κ3) is 5.67. The van der Waals surface area contributed by atoms with E-state index in [1.165, 1.54) is 29.0 Å². The largest absolute Gasteiger partial charge is 0.487 e. The maximum atomic E-state index is 13.4. The normalized spacial score (nSPS) is 14.5. The van der Waals surface area contributed by atoms with Gasteiger partial charge in [0.05, 0.1) is 17.8 Å². The molecule has 1 heterocycles. The van der Waals surface area contributed by atoms with Gasteiger partial charge in [-0.1, -0.05) is 41.4 Å². The summed E-state index contributed by atoms with van der Waals surface area (Å²) in [5, 5.41) is 0.927. The first kappa shape index (κ1) is 25.6. The monoisotopic (exact) mass is 544 g/mol. The highest BCUT2D eigenvalue weighted by molar-refractivity contribution is 7.80. The summed E-state index contributed by atoms with van der Waals surface area (Å²) in [6.45, 7) is -0.118. The average Bonchev–Trinajstić information content (AvgIpc) is 3.08. The zero-order chi connectivity index (χ0) is 25.8. The van der Waals surface area contributed by atoms with Crippen molar-refractivity contribution in [1.82, 2.24) is 4.90 Å². The predicted molar refractivity (Wildman–Crippen MR) is 140 cm³/mol. The number of hydrogen-bond donors (Lipinski definition) is 0. The Morgan fingerprint density at radius 1 is 1.08 bits per heavy atom. The van der Waals surface area contributed by atoms with Crippen molar-refractivity contribution in [2.75, 3.05) is 18.6 Å². The van der Waals surface area contributed by atoms with E-state index < -0.39 is 11.9 Å². The van der Waals surface area contributed by atoms with Crippen molar-refractivity contribution in [3.05, 3.63) is 99.4 Å². The number of rotatable bonds is 7. The van der Waals surface area contributed by atoms with Crippen molar-refractivity contribution in [3.63, 3.8) is 0 Å². The molecular weight excluding hydrogens is 526 g/mol. The molecular formula is C26H19Cl2FN2O4S. The third-order valence-electron chi connectivity index (χ3n) is 5.28. The van der Waals surface area contributed by atoms with Crippen molar-refractivity contribution >= 4 is 64.2 Å². The van der Waals surface area contributed by atoms with Gasteiger partial charge in [-0.3, -0.25) is 14.5 Å². The molecule has 0 aliphatic carbocycles. The van der Waals surface area contributed by atoms with Crippen LogP contribution in [0.2, 0.25) is 10.0 Å². The second-order valence-corrected chi connectivity index (χ2v) is 8.91. The number of nitrogens with zero attached hydrogens (tertiary/aromatic N) is 2. The minimum absolute atomic E-state index is 0.125. The standard InChI is InChI=1S/C26H19Cl2FN2O4S/c1-34-24(32)14-30-22(25(33)31(26(30)36)20-8-6-18(27)7-9-20)13-16-5-10-23(21(28)12-16)35-15-17-3-2-4-19(29)11-17/h2-13H,14-15H2,1H3/b22-13-. The Labute approximate surface area is 222 Å². The fourth-order valence-corrected chi connectivity index (χ4v) is 4.23. The van der Waals surface area contributed by atoms with Crippen LogP contribution in [0.15, 0.2) is 72.4 Å². The second-order valence-electron chi connectivity index (χ2n) is 7.70. The molecule has 10 heteroatoms. The summed E-state index contributed by atoms with van der Waals surface area (Å²) in [7, 11) is 1.26. The van der Waals surface area contributed by atoms with Crippen LogP contribution in [-0.2, 0) is 20.9 Å². The highest BCUT2D eigenvalue weighted by Crippen LogP contribution is 2.32. The third-order valence-corrected chi connectivity index (χ3v) is 6.23. The first-order chi connectivity index (χ1) is 17.3. The molecule has 0 saturated carbocycles. The number of carbonyl (C=O) groups excluding carboxylic acids is 2. The average molecular weight is 545 g/mol. The molecule has 0 N–H and O–H groups in total. The van der Waals surface area contributed by atoms with Crippen LogP contribution in [0.25, 0.3) is 6.08 Å². The summed E-state index contributed by atoms with van der Waals surface area (Å²) in [4.78, 5) is 28.2. The number of methoxy groups -OCH3 is 1. The van der Waals surface area contributed by atoms with Gasteiger partial charge in [0.2, 0.25) is 0 Å². The molecule has 1 aliphatic rings. The minimum Gasteiger partial charge on any atom is -0.487 e. The number of amides is 1. The lowest BCUT2D eigenvalue weighted by molar-refractivity contribution is -0.140. The van der Waals surface area contributed by atoms with Crippen LogP contribution in [-0.4, -0.2) is 35.5 Å². The fourth-order valence-electron chi connectivity index (χ4n) is 3.51. The van der Waals surface area contributed by atoms with Crippen LogP contribution in [0.5, 0.6) is 5.75 Å². The van der Waals surface area contributed by atoms with Crippen LogP contribution >= 0.6 is 35.4 Å². The van der Waals surface area contributed by atoms with Crippen LogP contribution < -0.4 is 9.64 Å². The van der Waals surface area contributed by atoms with Gasteiger partial charge in [0.25, 0.3) is 5.91 Å². The van der Waals surface area contributed by atoms with Crippen molar-refractivity contribution < 1.29 is 23.5 Å². The number of thiocarbonyl (C=S) groups is 1. The predicted octanol–water partition coefficient (Wildman–Crippen LogP) is 5.86. The first-order valence-corrected chi connectivity index (χ1v) is 11.8. The molecule has 1 amide bonds. The van der Waals surface area contributed by atoms with E-state index in [4.69, 9.17) is 44.9 Å². The summed E-state index contributed by atoms with van der Waals surface area (Å²) in [6.07, 6.45) is 1.58. The molecule has 1 aliphatic heterocycles. The van der Waals surface area contributed by atoms with Gasteiger partial charge in [0.15, 0.2) is 5.11 Å². The van der Waals surface area contributed by atoms with Crippen molar-refractivity contribution in [2.24, 2.45) is 0 Å². The van der Waals surface area contributed by atoms with E-state index in [1.807, 2.05) is 0 Å². The van der Waals surface area contributed by atoms with Crippen molar-refractivity contribution in [1.29, 1.82) is 0 Å². The molecule has 0 aromatic heterocycles. The SMILES string of the molecule is COC(=O)CN1C(=S)N(c2ccc(Cl)cc2)C(=O)/C1=C/c1ccc(OCc2cccc(F)c2)c(Cl)c1. The second kappa shape index (κ2) is 11.1. The van der Waals surface area contributed by atoms with Gasteiger partial charge in [-0.05, 0) is 78.0 Å². The van der Waals surface area contributed by atoms with Gasteiger partial charge < -0.3 is 14.4 Å². The number of ether oxygens (including phenoxy) is 2. The number of benzene rings is 3. The van der Waals surface area contributed by atoms with Gasteiger partial charge >= 0.3 is 5.97 Å². The van der Waals surface area contributed by atoms with E-state index in [0.29, 0.717) is 32.6 Å². The molecule has 6 nitrogen and oxygen atoms in total. The Morgan fingerprint density at radius 3 is 2.50 bits per heavy atom. The molecule has 3 aromatic carbocycles. The zero-order valence-corrected chi connectivity index (χ0v) is 21.2. The molecule has 1 saturated heterocycles. The van der Waals surface area contributed by atoms with E-state index >= 15 is 0 Å². The molecule has 3 aromatic rings. The number of carbonyl (C=O) groups is 2. The maximum absolute atomic E-state index is 13.4. The lowest BCUT2D eigenvalue weighted by atomic mass is 10.1. The molecule has 184 valence electrons. The Hall–Kier alpha value is -3.46. The number of esters is 1. The Balaban J connectivity index is 1.61. The summed E-state index contributed by atoms with van der Waals surface area (Å²) >= 11 is 17.9. The quantitative estimate of drug-likeness (QED) is 0.211. The van der Waals surface area contributed by atoms with E-state index in [2.05, 4.69) is 0 Å². The fraction of sp³-hybridized carbons (Fsp3) is 0.115. The Bertz CT molecular complexity index is 1360. The highest BCUT2D eigenvalue weighted by Gasteiger charge is 2.40. The van der Waals surface area contributed by atoms with Crippen molar-refractivity contribution in [3.8, 4) is 5.75 Å². The molecule has 0 unspecified atom stereocenters. The van der Waals surface area contributed by atoms with E-state index in [1.54, 1.807) is 60.7 Å². The maximum Gasteiger partial charge on any atom is 0.325 e. The van der Waals surface area contributed by atoms with Gasteiger partial charge in [-0.2, -0.15) is 0 Å². The smallest absolute Gasteiger partial charge is 0.325 e. The zero-order valence-electron chi connectivity index (χ0n) is 18.9. The van der Waals surface area contributed by atoms with E-state index in [-0.39, 0.29) is 29.8 Å². The van der Waals surface area contributed by atoms with E-state index in [9.17, 15) is 14.0 Å². The highest BCUT2D eigenvalue weighted by atomic mass is 35.5. The Kier molecular flexibility index (Phi) is 7.88. The van der Waals surface area contributed by atoms with Crippen LogP contribution in [0.3, 0.4) is 0 Å². The number of anilines is 1. The summed E-state index contributed by atoms with van der Waals surface area (Å²) in [5.74, 6) is -0.945. The van der Waals surface area contributed by atoms with Gasteiger partial charge in [-0.25, -0.2) is 4.39 Å². The molecule has 36 heavy (non-hydrogen) atoms. The van der Waals surface area contributed by atoms with Crippen molar-refractivity contribution in [2.45, 2.75) is 6.61 Å². The summed E-state index contributed by atoms with van der Waals surface area (Å²) < 4.78 is 23.9. The van der Waals surface area contributed by atoms with Crippen LogP contribution in [0.4, 0.5) is 10.1 Å². The lowest BCUT2D eigenvalue weighted by Gasteiger charge is -2.19. The van der Waals surface area contributed by atoms with Crippen LogP contribution in [0.1, 0.15) is 11.1 Å². The molecule has 0 radical (unpaired) electrons. The molecule has 0 bridgehead atoms. The first-order valence-electron chi connectivity index (χ1n) is 10.6.